The van der Waals surface area contributed by atoms with E-state index in [1.807, 2.05) is 13.0 Å². The fourth-order valence-corrected chi connectivity index (χ4v) is 3.23. The molecule has 2 aromatic heterocycles. The van der Waals surface area contributed by atoms with Crippen LogP contribution >= 0.6 is 0 Å². The second-order valence-corrected chi connectivity index (χ2v) is 6.98. The number of amides is 1. The summed E-state index contributed by atoms with van der Waals surface area (Å²) < 4.78 is 0. The molecule has 6 heteroatoms. The van der Waals surface area contributed by atoms with E-state index in [2.05, 4.69) is 41.3 Å². The van der Waals surface area contributed by atoms with Gasteiger partial charge in [-0.2, -0.15) is 0 Å². The number of nitrogens with one attached hydrogen (secondary N) is 2. The maximum absolute atomic E-state index is 12.5. The van der Waals surface area contributed by atoms with Crippen molar-refractivity contribution in [2.24, 2.45) is 0 Å². The summed E-state index contributed by atoms with van der Waals surface area (Å²) >= 11 is 0. The topological polar surface area (TPSA) is 78.1 Å². The zero-order chi connectivity index (χ0) is 19.7. The number of carbonyl (C=O) groups excluding carboxylic acids is 2. The first-order valence-corrected chi connectivity index (χ1v) is 8.82. The molecular formula is C21H24N4O2. The number of carbonyl (C=O) groups is 2. The molecular weight excluding hydrogens is 340 g/mol. The first-order chi connectivity index (χ1) is 12.8. The Morgan fingerprint density at radius 2 is 1.89 bits per heavy atom. The van der Waals surface area contributed by atoms with Crippen LogP contribution in [0.1, 0.15) is 43.2 Å². The number of benzene rings is 1. The lowest BCUT2D eigenvalue weighted by atomic mass is 10.0. The molecule has 1 amide bonds. The first-order valence-electron chi connectivity index (χ1n) is 8.82. The number of fused-ring (bicyclic) bond motifs is 1. The highest BCUT2D eigenvalue weighted by Crippen LogP contribution is 2.28. The summed E-state index contributed by atoms with van der Waals surface area (Å²) in [5.74, 6) is -0.206. The Balaban J connectivity index is 2.10. The maximum Gasteiger partial charge on any atom is 0.272 e. The monoisotopic (exact) mass is 364 g/mol. The lowest BCUT2D eigenvalue weighted by Gasteiger charge is -2.15. The summed E-state index contributed by atoms with van der Waals surface area (Å²) in [4.78, 5) is 33.1. The fraction of sp³-hybridized carbons (Fsp3) is 0.286. The van der Waals surface area contributed by atoms with Gasteiger partial charge in [0, 0.05) is 26.3 Å². The zero-order valence-electron chi connectivity index (χ0n) is 16.3. The van der Waals surface area contributed by atoms with E-state index in [-0.39, 0.29) is 5.91 Å². The predicted octanol–water partition coefficient (Wildman–Crippen LogP) is 3.61. The smallest absolute Gasteiger partial charge is 0.272 e. The standard InChI is InChI=1S/C21H24N4O2/c1-12-7-6-8-13(2)15(12)10-22-17-9-18(21(27)25(4)5)24-19-16(11-26)14(3)23-20(17)19/h6-9,11,23H,10H2,1-5H3,(H,22,24). The molecule has 27 heavy (non-hydrogen) atoms. The van der Waals surface area contributed by atoms with Crippen LogP contribution < -0.4 is 5.32 Å². The van der Waals surface area contributed by atoms with Gasteiger partial charge >= 0.3 is 0 Å². The van der Waals surface area contributed by atoms with Crippen LogP contribution in [0.25, 0.3) is 11.0 Å². The average Bonchev–Trinajstić information content (AvgIpc) is 2.95. The molecule has 0 unspecified atom stereocenters. The number of aromatic nitrogens is 2. The van der Waals surface area contributed by atoms with Gasteiger partial charge in [0.15, 0.2) is 6.29 Å². The normalized spacial score (nSPS) is 10.9. The van der Waals surface area contributed by atoms with Gasteiger partial charge < -0.3 is 15.2 Å². The number of aromatic amines is 1. The van der Waals surface area contributed by atoms with E-state index in [1.165, 1.54) is 21.6 Å². The molecule has 0 saturated carbocycles. The van der Waals surface area contributed by atoms with Gasteiger partial charge in [0.1, 0.15) is 11.2 Å². The van der Waals surface area contributed by atoms with Crippen LogP contribution in [-0.2, 0) is 6.54 Å². The Hall–Kier alpha value is -3.15. The van der Waals surface area contributed by atoms with Crippen LogP contribution in [0.15, 0.2) is 24.3 Å². The molecule has 2 heterocycles. The lowest BCUT2D eigenvalue weighted by Crippen LogP contribution is -2.23. The lowest BCUT2D eigenvalue weighted by molar-refractivity contribution is 0.0822. The van der Waals surface area contributed by atoms with E-state index < -0.39 is 0 Å². The second-order valence-electron chi connectivity index (χ2n) is 6.98. The molecule has 0 fully saturated rings. The number of H-pyrrole nitrogens is 1. The van der Waals surface area contributed by atoms with Crippen molar-refractivity contribution >= 4 is 28.9 Å². The molecule has 0 aliphatic carbocycles. The van der Waals surface area contributed by atoms with Crippen LogP contribution in [0, 0.1) is 20.8 Å². The molecule has 0 aliphatic rings. The van der Waals surface area contributed by atoms with Gasteiger partial charge in [0.05, 0.1) is 16.8 Å². The summed E-state index contributed by atoms with van der Waals surface area (Å²) in [7, 11) is 3.36. The van der Waals surface area contributed by atoms with Crippen molar-refractivity contribution in [1.29, 1.82) is 0 Å². The first kappa shape index (κ1) is 18.6. The van der Waals surface area contributed by atoms with Gasteiger partial charge in [-0.05, 0) is 43.5 Å². The number of nitrogens with zero attached hydrogens (tertiary/aromatic N) is 2. The van der Waals surface area contributed by atoms with Crippen LogP contribution in [0.2, 0.25) is 0 Å². The Kier molecular flexibility index (Phi) is 4.99. The van der Waals surface area contributed by atoms with Gasteiger partial charge in [0.2, 0.25) is 0 Å². The minimum absolute atomic E-state index is 0.206. The summed E-state index contributed by atoms with van der Waals surface area (Å²) in [6.07, 6.45) is 0.778. The van der Waals surface area contributed by atoms with Crippen molar-refractivity contribution in [1.82, 2.24) is 14.9 Å². The number of rotatable bonds is 5. The van der Waals surface area contributed by atoms with Crippen molar-refractivity contribution in [3.63, 3.8) is 0 Å². The van der Waals surface area contributed by atoms with Crippen molar-refractivity contribution < 1.29 is 9.59 Å². The molecule has 2 N–H and O–H groups in total. The number of aryl methyl sites for hydroxylation is 3. The third-order valence-corrected chi connectivity index (χ3v) is 4.83. The zero-order valence-corrected chi connectivity index (χ0v) is 16.3. The van der Waals surface area contributed by atoms with Gasteiger partial charge in [-0.3, -0.25) is 9.59 Å². The van der Waals surface area contributed by atoms with Gasteiger partial charge in [-0.1, -0.05) is 18.2 Å². The molecule has 3 rings (SSSR count). The Bertz CT molecular complexity index is 1010. The molecule has 0 aliphatic heterocycles. The number of pyridine rings is 1. The highest BCUT2D eigenvalue weighted by Gasteiger charge is 2.18. The van der Waals surface area contributed by atoms with E-state index >= 15 is 0 Å². The third kappa shape index (κ3) is 3.43. The van der Waals surface area contributed by atoms with Crippen molar-refractivity contribution in [2.75, 3.05) is 19.4 Å². The van der Waals surface area contributed by atoms with Crippen LogP contribution in [0.5, 0.6) is 0 Å². The molecule has 0 bridgehead atoms. The Morgan fingerprint density at radius 1 is 1.22 bits per heavy atom. The second kappa shape index (κ2) is 7.23. The van der Waals surface area contributed by atoms with Gasteiger partial charge in [-0.25, -0.2) is 4.98 Å². The van der Waals surface area contributed by atoms with Crippen LogP contribution in [-0.4, -0.2) is 41.2 Å². The largest absolute Gasteiger partial charge is 0.379 e. The van der Waals surface area contributed by atoms with Gasteiger partial charge in [-0.15, -0.1) is 0 Å². The third-order valence-electron chi connectivity index (χ3n) is 4.83. The Morgan fingerprint density at radius 3 is 2.48 bits per heavy atom. The molecule has 0 radical (unpaired) electrons. The minimum atomic E-state index is -0.206. The van der Waals surface area contributed by atoms with Crippen LogP contribution in [0.4, 0.5) is 5.69 Å². The molecule has 0 spiro atoms. The predicted molar refractivity (Wildman–Crippen MR) is 107 cm³/mol. The maximum atomic E-state index is 12.5. The average molecular weight is 364 g/mol. The van der Waals surface area contributed by atoms with E-state index in [1.54, 1.807) is 20.2 Å². The number of anilines is 1. The summed E-state index contributed by atoms with van der Waals surface area (Å²) in [6.45, 7) is 6.60. The van der Waals surface area contributed by atoms with E-state index in [4.69, 9.17) is 0 Å². The molecule has 140 valence electrons. The number of hydrogen-bond acceptors (Lipinski definition) is 4. The van der Waals surface area contributed by atoms with Gasteiger partial charge in [0.25, 0.3) is 5.91 Å². The van der Waals surface area contributed by atoms with E-state index in [0.29, 0.717) is 23.3 Å². The van der Waals surface area contributed by atoms with Crippen molar-refractivity contribution in [3.05, 3.63) is 57.9 Å². The fourth-order valence-electron chi connectivity index (χ4n) is 3.23. The summed E-state index contributed by atoms with van der Waals surface area (Å²) in [5, 5.41) is 3.43. The molecule has 0 saturated heterocycles. The van der Waals surface area contributed by atoms with Crippen molar-refractivity contribution in [2.45, 2.75) is 27.3 Å². The van der Waals surface area contributed by atoms with Crippen molar-refractivity contribution in [3.8, 4) is 0 Å². The molecule has 0 atom stereocenters. The molecule has 1 aromatic carbocycles. The molecule has 6 nitrogen and oxygen atoms in total. The van der Waals surface area contributed by atoms with E-state index in [0.717, 1.165) is 23.2 Å². The molecule has 3 aromatic rings. The summed E-state index contributed by atoms with van der Waals surface area (Å²) in [6, 6.07) is 7.94. The SMILES string of the molecule is Cc1cccc(C)c1CNc1cc(C(=O)N(C)C)nc2c(C=O)c(C)[nH]c12. The van der Waals surface area contributed by atoms with E-state index in [9.17, 15) is 9.59 Å². The summed E-state index contributed by atoms with van der Waals surface area (Å²) in [5.41, 5.74) is 7.13. The quantitative estimate of drug-likeness (QED) is 0.678. The Labute approximate surface area is 158 Å². The minimum Gasteiger partial charge on any atom is -0.379 e. The van der Waals surface area contributed by atoms with Crippen LogP contribution in [0.3, 0.4) is 0 Å². The number of hydrogen-bond donors (Lipinski definition) is 2. The highest BCUT2D eigenvalue weighted by atomic mass is 16.2. The number of aldehydes is 1. The highest BCUT2D eigenvalue weighted by molar-refractivity contribution is 6.04.